The van der Waals surface area contributed by atoms with Gasteiger partial charge in [-0.15, -0.1) is 0 Å². The Kier molecular flexibility index (Phi) is 5.35. The molecule has 0 unspecified atom stereocenters. The lowest BCUT2D eigenvalue weighted by Gasteiger charge is -2.09. The molecule has 1 amide bonds. The average Bonchev–Trinajstić information content (AvgIpc) is 3.49. The number of carbonyl (C=O) groups is 1. The topological polar surface area (TPSA) is 77.1 Å². The van der Waals surface area contributed by atoms with Gasteiger partial charge in [-0.3, -0.25) is 9.48 Å². The van der Waals surface area contributed by atoms with Crippen molar-refractivity contribution < 1.29 is 13.6 Å². The van der Waals surface area contributed by atoms with Crippen LogP contribution in [0.2, 0.25) is 0 Å². The fourth-order valence-electron chi connectivity index (χ4n) is 3.59. The second-order valence-corrected chi connectivity index (χ2v) is 7.38. The van der Waals surface area contributed by atoms with Crippen LogP contribution in [-0.2, 0) is 6.54 Å². The number of nitrogens with zero attached hydrogens (tertiary/aromatic N) is 5. The number of amides is 1. The van der Waals surface area contributed by atoms with Crippen LogP contribution in [0.15, 0.2) is 85.3 Å². The normalized spacial score (nSPS) is 11.2. The third kappa shape index (κ3) is 4.20. The van der Waals surface area contributed by atoms with Gasteiger partial charge in [-0.25, -0.2) is 18.3 Å². The molecular formula is C24H18F2N6O. The van der Waals surface area contributed by atoms with Crippen LogP contribution in [0.5, 0.6) is 0 Å². The van der Waals surface area contributed by atoms with Crippen LogP contribution in [0.25, 0.3) is 16.9 Å². The lowest BCUT2D eigenvalue weighted by Crippen LogP contribution is -2.13. The van der Waals surface area contributed by atoms with E-state index in [0.29, 0.717) is 23.5 Å². The maximum absolute atomic E-state index is 13.8. The molecular weight excluding hydrogens is 426 g/mol. The molecule has 5 aromatic rings. The molecule has 33 heavy (non-hydrogen) atoms. The maximum Gasteiger partial charge on any atom is 0.280 e. The largest absolute Gasteiger partial charge is 0.322 e. The first-order valence-electron chi connectivity index (χ1n) is 10.2. The molecule has 9 heteroatoms. The zero-order chi connectivity index (χ0) is 22.8. The van der Waals surface area contributed by atoms with Gasteiger partial charge in [-0.2, -0.15) is 10.2 Å². The molecule has 0 aliphatic rings. The minimum atomic E-state index is -2.78. The van der Waals surface area contributed by atoms with Gasteiger partial charge in [0.2, 0.25) is 0 Å². The highest BCUT2D eigenvalue weighted by atomic mass is 19.3. The summed E-state index contributed by atoms with van der Waals surface area (Å²) in [5.41, 5.74) is 2.36. The van der Waals surface area contributed by atoms with E-state index < -0.39 is 12.3 Å². The summed E-state index contributed by atoms with van der Waals surface area (Å²) in [6, 6.07) is 19.4. The van der Waals surface area contributed by atoms with Crippen molar-refractivity contribution in [1.29, 1.82) is 0 Å². The smallest absolute Gasteiger partial charge is 0.280 e. The van der Waals surface area contributed by atoms with E-state index in [2.05, 4.69) is 20.5 Å². The van der Waals surface area contributed by atoms with Crippen molar-refractivity contribution in [3.05, 3.63) is 102 Å². The van der Waals surface area contributed by atoms with Crippen LogP contribution in [0.4, 0.5) is 14.5 Å². The summed E-state index contributed by atoms with van der Waals surface area (Å²) in [7, 11) is 0. The van der Waals surface area contributed by atoms with Gasteiger partial charge in [0, 0.05) is 23.6 Å². The number of rotatable bonds is 6. The predicted octanol–water partition coefficient (Wildman–Crippen LogP) is 4.83. The van der Waals surface area contributed by atoms with Gasteiger partial charge in [0.15, 0.2) is 5.65 Å². The van der Waals surface area contributed by atoms with E-state index in [1.807, 2.05) is 36.5 Å². The second kappa shape index (κ2) is 8.62. The van der Waals surface area contributed by atoms with E-state index in [1.54, 1.807) is 41.2 Å². The molecule has 5 rings (SSSR count). The number of fused-ring (bicyclic) bond motifs is 1. The molecule has 0 bridgehead atoms. The molecule has 2 aromatic carbocycles. The standard InChI is InChI=1S/C24H18F2N6O/c25-22(26)21-13-20(17-7-2-1-3-8-17)30-23-19(14-28-32(21)23)24(33)29-18-9-4-6-16(12-18)15-31-11-5-10-27-31/h1-14,22H,15H2,(H,29,33). The summed E-state index contributed by atoms with van der Waals surface area (Å²) in [6.45, 7) is 0.549. The van der Waals surface area contributed by atoms with Crippen LogP contribution >= 0.6 is 0 Å². The van der Waals surface area contributed by atoms with Crippen molar-refractivity contribution in [2.75, 3.05) is 5.32 Å². The Balaban J connectivity index is 1.48. The van der Waals surface area contributed by atoms with Crippen LogP contribution in [0.1, 0.15) is 28.0 Å². The minimum Gasteiger partial charge on any atom is -0.322 e. The molecule has 3 aromatic heterocycles. The van der Waals surface area contributed by atoms with E-state index in [-0.39, 0.29) is 16.9 Å². The third-order valence-corrected chi connectivity index (χ3v) is 5.13. The molecule has 164 valence electrons. The van der Waals surface area contributed by atoms with Gasteiger partial charge in [0.1, 0.15) is 11.3 Å². The summed E-state index contributed by atoms with van der Waals surface area (Å²) in [5.74, 6) is -0.487. The van der Waals surface area contributed by atoms with Crippen molar-refractivity contribution in [3.63, 3.8) is 0 Å². The average molecular weight is 444 g/mol. The Hall–Kier alpha value is -4.40. The van der Waals surface area contributed by atoms with Crippen LogP contribution in [-0.4, -0.2) is 30.3 Å². The summed E-state index contributed by atoms with van der Waals surface area (Å²) in [5, 5.41) is 11.0. The predicted molar refractivity (Wildman–Crippen MR) is 119 cm³/mol. The van der Waals surface area contributed by atoms with Crippen molar-refractivity contribution in [2.24, 2.45) is 0 Å². The summed E-state index contributed by atoms with van der Waals surface area (Å²) >= 11 is 0. The van der Waals surface area contributed by atoms with E-state index >= 15 is 0 Å². The Morgan fingerprint density at radius 3 is 2.61 bits per heavy atom. The van der Waals surface area contributed by atoms with Crippen molar-refractivity contribution in [1.82, 2.24) is 24.4 Å². The van der Waals surface area contributed by atoms with Gasteiger partial charge in [0.25, 0.3) is 12.3 Å². The highest BCUT2D eigenvalue weighted by molar-refractivity contribution is 6.08. The highest BCUT2D eigenvalue weighted by Crippen LogP contribution is 2.27. The Bertz CT molecular complexity index is 1410. The first-order valence-corrected chi connectivity index (χ1v) is 10.2. The first-order chi connectivity index (χ1) is 16.1. The summed E-state index contributed by atoms with van der Waals surface area (Å²) in [6.07, 6.45) is 2.02. The molecule has 7 nitrogen and oxygen atoms in total. The SMILES string of the molecule is O=C(Nc1cccc(Cn2cccn2)c1)c1cnn2c(C(F)F)cc(-c3ccccc3)nc12. The highest BCUT2D eigenvalue weighted by Gasteiger charge is 2.21. The van der Waals surface area contributed by atoms with Crippen molar-refractivity contribution in [2.45, 2.75) is 13.0 Å². The Labute approximate surface area is 187 Å². The summed E-state index contributed by atoms with van der Waals surface area (Å²) in [4.78, 5) is 17.5. The van der Waals surface area contributed by atoms with Gasteiger partial charge < -0.3 is 5.32 Å². The molecule has 1 N–H and O–H groups in total. The molecule has 0 radical (unpaired) electrons. The van der Waals surface area contributed by atoms with Crippen LogP contribution < -0.4 is 5.32 Å². The first kappa shape index (κ1) is 20.5. The number of benzene rings is 2. The third-order valence-electron chi connectivity index (χ3n) is 5.13. The molecule has 0 atom stereocenters. The maximum atomic E-state index is 13.8. The second-order valence-electron chi connectivity index (χ2n) is 7.38. The number of hydrogen-bond donors (Lipinski definition) is 1. The monoisotopic (exact) mass is 444 g/mol. The van der Waals surface area contributed by atoms with E-state index in [9.17, 15) is 13.6 Å². The van der Waals surface area contributed by atoms with Gasteiger partial charge >= 0.3 is 0 Å². The minimum absolute atomic E-state index is 0.0665. The fourth-order valence-corrected chi connectivity index (χ4v) is 3.59. The Morgan fingerprint density at radius 2 is 1.85 bits per heavy atom. The zero-order valence-electron chi connectivity index (χ0n) is 17.3. The number of alkyl halides is 2. The number of halogens is 2. The number of hydrogen-bond acceptors (Lipinski definition) is 4. The number of carbonyl (C=O) groups excluding carboxylic acids is 1. The Morgan fingerprint density at radius 1 is 1.00 bits per heavy atom. The number of aromatic nitrogens is 5. The molecule has 0 saturated heterocycles. The number of nitrogens with one attached hydrogen (secondary N) is 1. The van der Waals surface area contributed by atoms with Crippen LogP contribution in [0, 0.1) is 0 Å². The summed E-state index contributed by atoms with van der Waals surface area (Å²) < 4.78 is 30.3. The molecule has 0 saturated carbocycles. The van der Waals surface area contributed by atoms with Gasteiger partial charge in [0.05, 0.1) is 18.4 Å². The molecule has 0 fully saturated rings. The van der Waals surface area contributed by atoms with E-state index in [4.69, 9.17) is 0 Å². The van der Waals surface area contributed by atoms with Crippen LogP contribution in [0.3, 0.4) is 0 Å². The van der Waals surface area contributed by atoms with Gasteiger partial charge in [-0.05, 0) is 29.8 Å². The van der Waals surface area contributed by atoms with Crippen molar-refractivity contribution in [3.8, 4) is 11.3 Å². The quantitative estimate of drug-likeness (QED) is 0.407. The lowest BCUT2D eigenvalue weighted by atomic mass is 10.1. The van der Waals surface area contributed by atoms with Gasteiger partial charge in [-0.1, -0.05) is 42.5 Å². The fraction of sp³-hybridized carbons (Fsp3) is 0.0833. The molecule has 0 aliphatic heterocycles. The zero-order valence-corrected chi connectivity index (χ0v) is 17.3. The molecule has 3 heterocycles. The lowest BCUT2D eigenvalue weighted by molar-refractivity contribution is 0.102. The van der Waals surface area contributed by atoms with E-state index in [0.717, 1.165) is 10.1 Å². The van der Waals surface area contributed by atoms with E-state index in [1.165, 1.54) is 12.3 Å². The molecule has 0 spiro atoms. The van der Waals surface area contributed by atoms with Crippen molar-refractivity contribution >= 4 is 17.2 Å². The number of anilines is 1. The molecule has 0 aliphatic carbocycles.